The van der Waals surface area contributed by atoms with Gasteiger partial charge in [0.25, 0.3) is 0 Å². The van der Waals surface area contributed by atoms with Crippen molar-refractivity contribution in [3.05, 3.63) is 0 Å². The van der Waals surface area contributed by atoms with Crippen molar-refractivity contribution in [2.45, 2.75) is 25.3 Å². The third-order valence-corrected chi connectivity index (χ3v) is 2.94. The normalized spacial score (nSPS) is 27.9. The zero-order valence-electron chi connectivity index (χ0n) is 8.41. The molecule has 1 unspecified atom stereocenters. The van der Waals surface area contributed by atoms with Gasteiger partial charge in [-0.05, 0) is 31.7 Å². The van der Waals surface area contributed by atoms with E-state index in [-0.39, 0.29) is 12.5 Å². The molecule has 1 amide bonds. The van der Waals surface area contributed by atoms with Crippen LogP contribution in [0.3, 0.4) is 0 Å². The van der Waals surface area contributed by atoms with E-state index in [1.54, 1.807) is 0 Å². The summed E-state index contributed by atoms with van der Waals surface area (Å²) in [5, 5.41) is 11.9. The van der Waals surface area contributed by atoms with Crippen LogP contribution in [0.15, 0.2) is 0 Å². The molecule has 2 rings (SSSR count). The Bertz CT molecular complexity index is 216. The molecule has 1 atom stereocenters. The maximum atomic E-state index is 11.4. The van der Waals surface area contributed by atoms with Crippen molar-refractivity contribution in [2.75, 3.05) is 26.2 Å². The summed E-state index contributed by atoms with van der Waals surface area (Å²) >= 11 is 0. The zero-order valence-corrected chi connectivity index (χ0v) is 8.41. The van der Waals surface area contributed by atoms with E-state index in [9.17, 15) is 4.79 Å². The van der Waals surface area contributed by atoms with Gasteiger partial charge in [-0.1, -0.05) is 0 Å². The number of rotatable bonds is 4. The smallest absolute Gasteiger partial charge is 0.234 e. The second kappa shape index (κ2) is 4.28. The molecule has 1 saturated heterocycles. The Morgan fingerprint density at radius 1 is 1.43 bits per heavy atom. The summed E-state index contributed by atoms with van der Waals surface area (Å²) in [4.78, 5) is 13.6. The molecule has 1 aliphatic carbocycles. The predicted molar refractivity (Wildman–Crippen MR) is 52.8 cm³/mol. The number of amides is 1. The Morgan fingerprint density at radius 2 is 2.21 bits per heavy atom. The van der Waals surface area contributed by atoms with Gasteiger partial charge in [0.15, 0.2) is 0 Å². The standard InChI is InChI=1S/C10H18N2O2/c13-7-8-3-4-12(5-8)6-10(14)11-9-1-2-9/h8-9,13H,1-7H2,(H,11,14). The van der Waals surface area contributed by atoms with Crippen LogP contribution in [0.5, 0.6) is 0 Å². The molecule has 1 heterocycles. The maximum absolute atomic E-state index is 11.4. The van der Waals surface area contributed by atoms with Crippen LogP contribution in [0, 0.1) is 5.92 Å². The summed E-state index contributed by atoms with van der Waals surface area (Å²) in [6, 6.07) is 0.457. The average Bonchev–Trinajstić information content (AvgIpc) is 2.83. The van der Waals surface area contributed by atoms with E-state index >= 15 is 0 Å². The SMILES string of the molecule is O=C(CN1CCC(CO)C1)NC1CC1. The Kier molecular flexibility index (Phi) is 3.03. The summed E-state index contributed by atoms with van der Waals surface area (Å²) in [5.41, 5.74) is 0. The number of nitrogens with zero attached hydrogens (tertiary/aromatic N) is 1. The molecule has 2 fully saturated rings. The van der Waals surface area contributed by atoms with Crippen molar-refractivity contribution in [2.24, 2.45) is 5.92 Å². The third kappa shape index (κ3) is 2.69. The molecule has 0 spiro atoms. The summed E-state index contributed by atoms with van der Waals surface area (Å²) < 4.78 is 0. The summed E-state index contributed by atoms with van der Waals surface area (Å²) in [7, 11) is 0. The van der Waals surface area contributed by atoms with Crippen LogP contribution in [0.25, 0.3) is 0 Å². The highest BCUT2D eigenvalue weighted by molar-refractivity contribution is 5.78. The molecular weight excluding hydrogens is 180 g/mol. The van der Waals surface area contributed by atoms with Gasteiger partial charge < -0.3 is 10.4 Å². The Labute approximate surface area is 84.3 Å². The van der Waals surface area contributed by atoms with Gasteiger partial charge >= 0.3 is 0 Å². The van der Waals surface area contributed by atoms with Crippen LogP contribution in [0.4, 0.5) is 0 Å². The number of nitrogens with one attached hydrogen (secondary N) is 1. The second-order valence-corrected chi connectivity index (χ2v) is 4.41. The van der Waals surface area contributed by atoms with Gasteiger partial charge in [0.2, 0.25) is 5.91 Å². The number of carbonyl (C=O) groups excluding carboxylic acids is 1. The largest absolute Gasteiger partial charge is 0.396 e. The average molecular weight is 198 g/mol. The van der Waals surface area contributed by atoms with E-state index in [1.165, 1.54) is 0 Å². The van der Waals surface area contributed by atoms with Crippen molar-refractivity contribution in [3.63, 3.8) is 0 Å². The fourth-order valence-electron chi connectivity index (χ4n) is 1.91. The van der Waals surface area contributed by atoms with Gasteiger partial charge in [-0.25, -0.2) is 0 Å². The molecule has 2 aliphatic rings. The van der Waals surface area contributed by atoms with Gasteiger partial charge in [-0.2, -0.15) is 0 Å². The Balaban J connectivity index is 1.66. The molecule has 4 nitrogen and oxygen atoms in total. The minimum Gasteiger partial charge on any atom is -0.396 e. The lowest BCUT2D eigenvalue weighted by molar-refractivity contribution is -0.122. The number of hydrogen-bond donors (Lipinski definition) is 2. The van der Waals surface area contributed by atoms with Gasteiger partial charge in [-0.3, -0.25) is 9.69 Å². The first kappa shape index (κ1) is 9.93. The van der Waals surface area contributed by atoms with Crippen molar-refractivity contribution < 1.29 is 9.90 Å². The maximum Gasteiger partial charge on any atom is 0.234 e. The molecule has 0 radical (unpaired) electrons. The highest BCUT2D eigenvalue weighted by Crippen LogP contribution is 2.19. The molecule has 14 heavy (non-hydrogen) atoms. The van der Waals surface area contributed by atoms with E-state index in [4.69, 9.17) is 5.11 Å². The van der Waals surface area contributed by atoms with Crippen LogP contribution in [-0.2, 0) is 4.79 Å². The first-order valence-corrected chi connectivity index (χ1v) is 5.40. The monoisotopic (exact) mass is 198 g/mol. The van der Waals surface area contributed by atoms with Crippen LogP contribution in [-0.4, -0.2) is 48.2 Å². The zero-order chi connectivity index (χ0) is 9.97. The van der Waals surface area contributed by atoms with Crippen molar-refractivity contribution in [1.82, 2.24) is 10.2 Å². The molecule has 0 bridgehead atoms. The van der Waals surface area contributed by atoms with Gasteiger partial charge in [-0.15, -0.1) is 0 Å². The lowest BCUT2D eigenvalue weighted by Crippen LogP contribution is -2.37. The van der Waals surface area contributed by atoms with Gasteiger partial charge in [0.05, 0.1) is 6.54 Å². The van der Waals surface area contributed by atoms with Gasteiger partial charge in [0.1, 0.15) is 0 Å². The quantitative estimate of drug-likeness (QED) is 0.645. The Morgan fingerprint density at radius 3 is 2.79 bits per heavy atom. The number of aliphatic hydroxyl groups excluding tert-OH is 1. The fourth-order valence-corrected chi connectivity index (χ4v) is 1.91. The van der Waals surface area contributed by atoms with Crippen molar-refractivity contribution in [3.8, 4) is 0 Å². The highest BCUT2D eigenvalue weighted by Gasteiger charge is 2.26. The molecule has 0 aromatic rings. The minimum absolute atomic E-state index is 0.145. The third-order valence-electron chi connectivity index (χ3n) is 2.94. The number of carbonyl (C=O) groups is 1. The minimum atomic E-state index is 0.145. The number of aliphatic hydroxyl groups is 1. The molecule has 0 aromatic heterocycles. The summed E-state index contributed by atoms with van der Waals surface area (Å²) in [5.74, 6) is 0.523. The lowest BCUT2D eigenvalue weighted by atomic mass is 10.1. The van der Waals surface area contributed by atoms with E-state index in [0.717, 1.165) is 32.4 Å². The van der Waals surface area contributed by atoms with E-state index in [2.05, 4.69) is 10.2 Å². The lowest BCUT2D eigenvalue weighted by Gasteiger charge is -2.14. The molecular formula is C10H18N2O2. The number of hydrogen-bond acceptors (Lipinski definition) is 3. The van der Waals surface area contributed by atoms with Crippen LogP contribution in [0.1, 0.15) is 19.3 Å². The first-order valence-electron chi connectivity index (χ1n) is 5.40. The molecule has 1 aliphatic heterocycles. The van der Waals surface area contributed by atoms with E-state index in [1.807, 2.05) is 0 Å². The van der Waals surface area contributed by atoms with Crippen LogP contribution < -0.4 is 5.32 Å². The van der Waals surface area contributed by atoms with Gasteiger partial charge in [0, 0.05) is 19.2 Å². The molecule has 1 saturated carbocycles. The highest BCUT2D eigenvalue weighted by atomic mass is 16.3. The predicted octanol–water partition coefficient (Wildman–Crippen LogP) is -0.421. The Hall–Kier alpha value is -0.610. The summed E-state index contributed by atoms with van der Waals surface area (Å²) in [6.45, 7) is 2.58. The topological polar surface area (TPSA) is 52.6 Å². The van der Waals surface area contributed by atoms with E-state index < -0.39 is 0 Å². The van der Waals surface area contributed by atoms with Crippen molar-refractivity contribution >= 4 is 5.91 Å². The van der Waals surface area contributed by atoms with E-state index in [0.29, 0.717) is 18.5 Å². The van der Waals surface area contributed by atoms with Crippen LogP contribution >= 0.6 is 0 Å². The fraction of sp³-hybridized carbons (Fsp3) is 0.900. The number of likely N-dealkylation sites (tertiary alicyclic amines) is 1. The van der Waals surface area contributed by atoms with Crippen LogP contribution in [0.2, 0.25) is 0 Å². The first-order chi connectivity index (χ1) is 6.78. The molecule has 0 aromatic carbocycles. The summed E-state index contributed by atoms with van der Waals surface area (Å²) in [6.07, 6.45) is 3.31. The molecule has 2 N–H and O–H groups in total. The second-order valence-electron chi connectivity index (χ2n) is 4.41. The molecule has 4 heteroatoms. The molecule has 80 valence electrons. The van der Waals surface area contributed by atoms with Crippen molar-refractivity contribution in [1.29, 1.82) is 0 Å².